The summed E-state index contributed by atoms with van der Waals surface area (Å²) in [5.41, 5.74) is 8.20. The first-order valence-electron chi connectivity index (χ1n) is 8.99. The number of rotatable bonds is 4. The molecule has 0 bridgehead atoms. The van der Waals surface area contributed by atoms with E-state index in [-0.39, 0.29) is 17.3 Å². The van der Waals surface area contributed by atoms with Crippen LogP contribution in [0.15, 0.2) is 53.4 Å². The van der Waals surface area contributed by atoms with Gasteiger partial charge in [-0.1, -0.05) is 18.2 Å². The van der Waals surface area contributed by atoms with Crippen molar-refractivity contribution >= 4 is 39.5 Å². The SMILES string of the molecule is Cl.Nc1cc(S(=O)(=O)Nc2ccccc2)ccc1N1CCN2CCCC2C1. The molecular weight excluding hydrogens is 384 g/mol. The van der Waals surface area contributed by atoms with Crippen LogP contribution in [0.25, 0.3) is 0 Å². The molecule has 2 aromatic rings. The zero-order valence-corrected chi connectivity index (χ0v) is 16.7. The first-order chi connectivity index (χ1) is 12.5. The van der Waals surface area contributed by atoms with Gasteiger partial charge < -0.3 is 10.6 Å². The van der Waals surface area contributed by atoms with Crippen LogP contribution in [0.5, 0.6) is 0 Å². The van der Waals surface area contributed by atoms with Crippen molar-refractivity contribution in [2.45, 2.75) is 23.8 Å². The van der Waals surface area contributed by atoms with Gasteiger partial charge in [0.2, 0.25) is 0 Å². The molecule has 0 spiro atoms. The van der Waals surface area contributed by atoms with E-state index in [9.17, 15) is 8.42 Å². The third-order valence-corrected chi connectivity index (χ3v) is 6.64. The van der Waals surface area contributed by atoms with E-state index < -0.39 is 10.0 Å². The number of hydrogen-bond acceptors (Lipinski definition) is 5. The van der Waals surface area contributed by atoms with Crippen molar-refractivity contribution < 1.29 is 8.42 Å². The molecule has 0 saturated carbocycles. The molecule has 2 heterocycles. The Hall–Kier alpha value is -1.96. The van der Waals surface area contributed by atoms with Crippen LogP contribution in [0.2, 0.25) is 0 Å². The van der Waals surface area contributed by atoms with Gasteiger partial charge in [0.05, 0.1) is 16.3 Å². The van der Waals surface area contributed by atoms with Crippen LogP contribution >= 0.6 is 12.4 Å². The zero-order chi connectivity index (χ0) is 18.1. The third-order valence-electron chi connectivity index (χ3n) is 5.26. The molecule has 0 aliphatic carbocycles. The second kappa shape index (κ2) is 7.96. The molecular formula is C19H25ClN4O2S. The van der Waals surface area contributed by atoms with E-state index in [4.69, 9.17) is 5.73 Å². The fourth-order valence-corrected chi connectivity index (χ4v) is 5.01. The predicted octanol–water partition coefficient (Wildman–Crippen LogP) is 2.78. The number of nitrogens with two attached hydrogens (primary N) is 1. The molecule has 27 heavy (non-hydrogen) atoms. The number of para-hydroxylation sites is 1. The van der Waals surface area contributed by atoms with Crippen molar-refractivity contribution in [3.05, 3.63) is 48.5 Å². The molecule has 0 radical (unpaired) electrons. The Morgan fingerprint density at radius 3 is 2.56 bits per heavy atom. The van der Waals surface area contributed by atoms with Crippen LogP contribution < -0.4 is 15.4 Å². The standard InChI is InChI=1S/C19H24N4O2S.ClH/c20-18-13-17(26(24,25)21-15-5-2-1-3-6-15)8-9-19(18)23-12-11-22-10-4-7-16(22)14-23;/h1-3,5-6,8-9,13,16,21H,4,7,10-12,14,20H2;1H. The maximum absolute atomic E-state index is 12.6. The summed E-state index contributed by atoms with van der Waals surface area (Å²) < 4.78 is 27.8. The molecule has 4 rings (SSSR count). The Balaban J connectivity index is 0.00000210. The van der Waals surface area contributed by atoms with Gasteiger partial charge in [0, 0.05) is 31.4 Å². The Morgan fingerprint density at radius 1 is 1.04 bits per heavy atom. The molecule has 8 heteroatoms. The van der Waals surface area contributed by atoms with Crippen LogP contribution in [0.1, 0.15) is 12.8 Å². The monoisotopic (exact) mass is 408 g/mol. The third kappa shape index (κ3) is 4.15. The van der Waals surface area contributed by atoms with Crippen molar-refractivity contribution in [3.63, 3.8) is 0 Å². The summed E-state index contributed by atoms with van der Waals surface area (Å²) in [6, 6.07) is 14.5. The average molecular weight is 409 g/mol. The largest absolute Gasteiger partial charge is 0.397 e. The van der Waals surface area contributed by atoms with Gasteiger partial charge in [0.1, 0.15) is 0 Å². The van der Waals surface area contributed by atoms with Gasteiger partial charge in [-0.05, 0) is 49.7 Å². The summed E-state index contributed by atoms with van der Waals surface area (Å²) in [5.74, 6) is 0. The fraction of sp³-hybridized carbons (Fsp3) is 0.368. The molecule has 2 fully saturated rings. The Kier molecular flexibility index (Phi) is 5.83. The number of hydrogen-bond donors (Lipinski definition) is 2. The number of nitrogens with zero attached hydrogens (tertiary/aromatic N) is 2. The highest BCUT2D eigenvalue weighted by Gasteiger charge is 2.31. The summed E-state index contributed by atoms with van der Waals surface area (Å²) in [5, 5.41) is 0. The Labute approximate surface area is 166 Å². The second-order valence-electron chi connectivity index (χ2n) is 6.97. The molecule has 2 aliphatic heterocycles. The zero-order valence-electron chi connectivity index (χ0n) is 15.0. The van der Waals surface area contributed by atoms with Crippen molar-refractivity contribution in [3.8, 4) is 0 Å². The van der Waals surface area contributed by atoms with Crippen molar-refractivity contribution in [1.29, 1.82) is 0 Å². The summed E-state index contributed by atoms with van der Waals surface area (Å²) >= 11 is 0. The van der Waals surface area contributed by atoms with E-state index in [0.29, 0.717) is 17.4 Å². The highest BCUT2D eigenvalue weighted by atomic mass is 35.5. The maximum Gasteiger partial charge on any atom is 0.261 e. The number of benzene rings is 2. The normalized spacial score (nSPS) is 20.0. The van der Waals surface area contributed by atoms with Crippen LogP contribution in [-0.4, -0.2) is 45.5 Å². The minimum atomic E-state index is -3.65. The van der Waals surface area contributed by atoms with Crippen LogP contribution in [-0.2, 0) is 10.0 Å². The number of anilines is 3. The number of halogens is 1. The van der Waals surface area contributed by atoms with Gasteiger partial charge in [-0.15, -0.1) is 12.4 Å². The van der Waals surface area contributed by atoms with Gasteiger partial charge in [-0.3, -0.25) is 9.62 Å². The van der Waals surface area contributed by atoms with Crippen molar-refractivity contribution in [2.75, 3.05) is 41.5 Å². The van der Waals surface area contributed by atoms with Gasteiger partial charge in [0.25, 0.3) is 10.0 Å². The van der Waals surface area contributed by atoms with Crippen molar-refractivity contribution in [2.24, 2.45) is 0 Å². The topological polar surface area (TPSA) is 78.7 Å². The lowest BCUT2D eigenvalue weighted by Gasteiger charge is -2.39. The lowest BCUT2D eigenvalue weighted by Crippen LogP contribution is -2.50. The maximum atomic E-state index is 12.6. The lowest BCUT2D eigenvalue weighted by atomic mass is 10.1. The molecule has 2 aromatic carbocycles. The highest BCUT2D eigenvalue weighted by Crippen LogP contribution is 2.31. The Morgan fingerprint density at radius 2 is 1.81 bits per heavy atom. The molecule has 146 valence electrons. The van der Waals surface area contributed by atoms with Crippen molar-refractivity contribution in [1.82, 2.24) is 4.90 Å². The van der Waals surface area contributed by atoms with E-state index >= 15 is 0 Å². The van der Waals surface area contributed by atoms with Gasteiger partial charge in [-0.2, -0.15) is 0 Å². The fourth-order valence-electron chi connectivity index (χ4n) is 3.92. The quantitative estimate of drug-likeness (QED) is 0.760. The van der Waals surface area contributed by atoms with Crippen LogP contribution in [0.3, 0.4) is 0 Å². The Bertz CT molecular complexity index is 892. The molecule has 2 aliphatic rings. The number of sulfonamides is 1. The molecule has 6 nitrogen and oxygen atoms in total. The summed E-state index contributed by atoms with van der Waals surface area (Å²) in [6.07, 6.45) is 2.49. The second-order valence-corrected chi connectivity index (χ2v) is 8.65. The molecule has 0 aromatic heterocycles. The van der Waals surface area contributed by atoms with Gasteiger partial charge in [0.15, 0.2) is 0 Å². The van der Waals surface area contributed by atoms with E-state index in [0.717, 1.165) is 25.3 Å². The first-order valence-corrected chi connectivity index (χ1v) is 10.5. The number of fused-ring (bicyclic) bond motifs is 1. The molecule has 1 unspecified atom stereocenters. The minimum absolute atomic E-state index is 0. The van der Waals surface area contributed by atoms with Crippen LogP contribution in [0, 0.1) is 0 Å². The summed E-state index contributed by atoms with van der Waals surface area (Å²) in [4.78, 5) is 5.00. The number of nitrogen functional groups attached to an aromatic ring is 1. The molecule has 2 saturated heterocycles. The molecule has 1 atom stereocenters. The smallest absolute Gasteiger partial charge is 0.261 e. The highest BCUT2D eigenvalue weighted by molar-refractivity contribution is 7.92. The van der Waals surface area contributed by atoms with E-state index in [1.807, 2.05) is 12.1 Å². The lowest BCUT2D eigenvalue weighted by molar-refractivity contribution is 0.231. The van der Waals surface area contributed by atoms with Gasteiger partial charge in [-0.25, -0.2) is 8.42 Å². The summed E-state index contributed by atoms with van der Waals surface area (Å²) in [7, 11) is -3.65. The van der Waals surface area contributed by atoms with Crippen LogP contribution in [0.4, 0.5) is 17.1 Å². The summed E-state index contributed by atoms with van der Waals surface area (Å²) in [6.45, 7) is 4.11. The van der Waals surface area contributed by atoms with E-state index in [1.54, 1.807) is 36.4 Å². The minimum Gasteiger partial charge on any atom is -0.397 e. The predicted molar refractivity (Wildman–Crippen MR) is 112 cm³/mol. The molecule has 3 N–H and O–H groups in total. The van der Waals surface area contributed by atoms with E-state index in [2.05, 4.69) is 14.5 Å². The number of nitrogens with one attached hydrogen (secondary N) is 1. The number of piperazine rings is 1. The van der Waals surface area contributed by atoms with Gasteiger partial charge >= 0.3 is 0 Å². The molecule has 0 amide bonds. The van der Waals surface area contributed by atoms with E-state index in [1.165, 1.54) is 19.4 Å². The average Bonchev–Trinajstić information content (AvgIpc) is 3.10. The first kappa shape index (κ1) is 19.8.